The highest BCUT2D eigenvalue weighted by molar-refractivity contribution is 5.48. The van der Waals surface area contributed by atoms with E-state index in [-0.39, 0.29) is 6.04 Å². The first kappa shape index (κ1) is 9.78. The van der Waals surface area contributed by atoms with Crippen molar-refractivity contribution in [1.82, 2.24) is 4.90 Å². The van der Waals surface area contributed by atoms with Gasteiger partial charge in [-0.25, -0.2) is 0 Å². The van der Waals surface area contributed by atoms with E-state index in [9.17, 15) is 4.79 Å². The number of carbonyl (C=O) groups excluding carboxylic acids is 1. The van der Waals surface area contributed by atoms with Gasteiger partial charge < -0.3 is 4.90 Å². The van der Waals surface area contributed by atoms with Gasteiger partial charge in [0, 0.05) is 7.05 Å². The zero-order valence-electron chi connectivity index (χ0n) is 8.10. The number of carbonyl (C=O) groups is 1. The van der Waals surface area contributed by atoms with Crippen molar-refractivity contribution < 1.29 is 4.79 Å². The minimum atomic E-state index is 0.207. The predicted molar refractivity (Wildman–Crippen MR) is 53.3 cm³/mol. The summed E-state index contributed by atoms with van der Waals surface area (Å²) in [6.45, 7) is 2.08. The van der Waals surface area contributed by atoms with E-state index >= 15 is 0 Å². The third-order valence-electron chi connectivity index (χ3n) is 2.23. The number of hydrogen-bond acceptors (Lipinski definition) is 1. The molecule has 0 aliphatic carbocycles. The average Bonchev–Trinajstić information content (AvgIpc) is 2.20. The number of nitrogens with zero attached hydrogens (tertiary/aromatic N) is 1. The average molecular weight is 177 g/mol. The van der Waals surface area contributed by atoms with Crippen LogP contribution in [0.15, 0.2) is 30.3 Å². The van der Waals surface area contributed by atoms with Crippen LogP contribution in [0.2, 0.25) is 0 Å². The number of rotatable bonds is 4. The summed E-state index contributed by atoms with van der Waals surface area (Å²) >= 11 is 0. The Hall–Kier alpha value is -1.31. The molecule has 0 radical (unpaired) electrons. The zero-order valence-corrected chi connectivity index (χ0v) is 8.10. The molecule has 0 aliphatic heterocycles. The van der Waals surface area contributed by atoms with Gasteiger partial charge >= 0.3 is 0 Å². The van der Waals surface area contributed by atoms with Gasteiger partial charge in [0.05, 0.1) is 6.04 Å². The maximum Gasteiger partial charge on any atom is 0.209 e. The lowest BCUT2D eigenvalue weighted by Gasteiger charge is -2.23. The first-order valence-electron chi connectivity index (χ1n) is 4.51. The summed E-state index contributed by atoms with van der Waals surface area (Å²) in [7, 11) is 1.81. The number of amides is 1. The molecule has 0 bridgehead atoms. The minimum absolute atomic E-state index is 0.207. The summed E-state index contributed by atoms with van der Waals surface area (Å²) in [5, 5.41) is 0. The van der Waals surface area contributed by atoms with E-state index in [4.69, 9.17) is 0 Å². The van der Waals surface area contributed by atoms with Gasteiger partial charge in [0.1, 0.15) is 0 Å². The van der Waals surface area contributed by atoms with E-state index in [2.05, 4.69) is 6.92 Å². The van der Waals surface area contributed by atoms with E-state index in [1.165, 1.54) is 5.56 Å². The van der Waals surface area contributed by atoms with Crippen molar-refractivity contribution in [3.63, 3.8) is 0 Å². The summed E-state index contributed by atoms with van der Waals surface area (Å²) in [6, 6.07) is 10.3. The van der Waals surface area contributed by atoms with Crippen molar-refractivity contribution >= 4 is 6.41 Å². The quantitative estimate of drug-likeness (QED) is 0.646. The molecule has 0 saturated heterocycles. The molecule has 70 valence electrons. The van der Waals surface area contributed by atoms with Crippen LogP contribution in [0.3, 0.4) is 0 Å². The second kappa shape index (κ2) is 4.65. The van der Waals surface area contributed by atoms with Gasteiger partial charge in [0.25, 0.3) is 0 Å². The van der Waals surface area contributed by atoms with Crippen molar-refractivity contribution in [1.29, 1.82) is 0 Å². The summed E-state index contributed by atoms with van der Waals surface area (Å²) in [5.74, 6) is 0. The summed E-state index contributed by atoms with van der Waals surface area (Å²) in [4.78, 5) is 12.3. The maximum atomic E-state index is 10.6. The van der Waals surface area contributed by atoms with Crippen LogP contribution in [0, 0.1) is 0 Å². The molecule has 1 atom stereocenters. The number of hydrogen-bond donors (Lipinski definition) is 0. The van der Waals surface area contributed by atoms with Crippen LogP contribution >= 0.6 is 0 Å². The normalized spacial score (nSPS) is 12.2. The van der Waals surface area contributed by atoms with E-state index in [1.54, 1.807) is 4.90 Å². The topological polar surface area (TPSA) is 20.3 Å². The third-order valence-corrected chi connectivity index (χ3v) is 2.23. The lowest BCUT2D eigenvalue weighted by molar-refractivity contribution is -0.119. The highest BCUT2D eigenvalue weighted by Crippen LogP contribution is 2.20. The summed E-state index contributed by atoms with van der Waals surface area (Å²) in [6.07, 6.45) is 1.82. The molecule has 1 aromatic carbocycles. The van der Waals surface area contributed by atoms with E-state index in [1.807, 2.05) is 37.4 Å². The molecule has 0 spiro atoms. The van der Waals surface area contributed by atoms with Gasteiger partial charge in [-0.1, -0.05) is 37.3 Å². The molecule has 13 heavy (non-hydrogen) atoms. The molecule has 0 N–H and O–H groups in total. The lowest BCUT2D eigenvalue weighted by Crippen LogP contribution is -2.22. The van der Waals surface area contributed by atoms with E-state index in [0.29, 0.717) is 0 Å². The van der Waals surface area contributed by atoms with Crippen LogP contribution in [0.5, 0.6) is 0 Å². The van der Waals surface area contributed by atoms with Crippen molar-refractivity contribution in [3.8, 4) is 0 Å². The van der Waals surface area contributed by atoms with Gasteiger partial charge in [-0.05, 0) is 12.0 Å². The fraction of sp³-hybridized carbons (Fsp3) is 0.364. The third kappa shape index (κ3) is 2.31. The second-order valence-corrected chi connectivity index (χ2v) is 3.11. The molecule has 0 heterocycles. The Balaban J connectivity index is 2.84. The summed E-state index contributed by atoms with van der Waals surface area (Å²) in [5.41, 5.74) is 1.19. The Kier molecular flexibility index (Phi) is 3.50. The Labute approximate surface area is 79.2 Å². The van der Waals surface area contributed by atoms with Crippen LogP contribution in [-0.2, 0) is 4.79 Å². The highest BCUT2D eigenvalue weighted by Gasteiger charge is 2.11. The first-order chi connectivity index (χ1) is 6.29. The molecule has 0 aliphatic rings. The summed E-state index contributed by atoms with van der Waals surface area (Å²) < 4.78 is 0. The van der Waals surface area contributed by atoms with Gasteiger partial charge in [-0.3, -0.25) is 4.79 Å². The molecule has 1 rings (SSSR count). The Morgan fingerprint density at radius 1 is 1.38 bits per heavy atom. The van der Waals surface area contributed by atoms with Crippen molar-refractivity contribution in [3.05, 3.63) is 35.9 Å². The fourth-order valence-electron chi connectivity index (χ4n) is 1.51. The smallest absolute Gasteiger partial charge is 0.209 e. The zero-order chi connectivity index (χ0) is 9.68. The van der Waals surface area contributed by atoms with Crippen molar-refractivity contribution in [2.45, 2.75) is 19.4 Å². The predicted octanol–water partition coefficient (Wildman–Crippen LogP) is 2.23. The van der Waals surface area contributed by atoms with Crippen LogP contribution in [-0.4, -0.2) is 18.4 Å². The van der Waals surface area contributed by atoms with Crippen LogP contribution in [0.25, 0.3) is 0 Å². The highest BCUT2D eigenvalue weighted by atomic mass is 16.1. The molecular formula is C11H15NO. The van der Waals surface area contributed by atoms with E-state index < -0.39 is 0 Å². The van der Waals surface area contributed by atoms with Crippen molar-refractivity contribution in [2.24, 2.45) is 0 Å². The molecule has 0 saturated carbocycles. The fourth-order valence-corrected chi connectivity index (χ4v) is 1.51. The monoisotopic (exact) mass is 177 g/mol. The molecule has 1 aromatic rings. The van der Waals surface area contributed by atoms with Crippen molar-refractivity contribution in [2.75, 3.05) is 7.05 Å². The molecule has 1 unspecified atom stereocenters. The van der Waals surface area contributed by atoms with Crippen LogP contribution < -0.4 is 0 Å². The Morgan fingerprint density at radius 2 is 2.00 bits per heavy atom. The maximum absolute atomic E-state index is 10.6. The minimum Gasteiger partial charge on any atom is -0.341 e. The van der Waals surface area contributed by atoms with Crippen LogP contribution in [0.4, 0.5) is 0 Å². The van der Waals surface area contributed by atoms with Gasteiger partial charge in [0.15, 0.2) is 0 Å². The molecule has 0 fully saturated rings. The van der Waals surface area contributed by atoms with Gasteiger partial charge in [-0.15, -0.1) is 0 Å². The van der Waals surface area contributed by atoms with Gasteiger partial charge in [0.2, 0.25) is 6.41 Å². The molecular weight excluding hydrogens is 162 g/mol. The Morgan fingerprint density at radius 3 is 2.46 bits per heavy atom. The lowest BCUT2D eigenvalue weighted by atomic mass is 10.0. The molecule has 2 heteroatoms. The second-order valence-electron chi connectivity index (χ2n) is 3.11. The largest absolute Gasteiger partial charge is 0.341 e. The molecule has 1 amide bonds. The molecule has 0 aromatic heterocycles. The van der Waals surface area contributed by atoms with Crippen LogP contribution in [0.1, 0.15) is 24.9 Å². The number of benzene rings is 1. The standard InChI is InChI=1S/C11H15NO/c1-3-11(12(2)9-13)10-7-5-4-6-8-10/h4-9,11H,3H2,1-2H3. The Bertz CT molecular complexity index is 258. The van der Waals surface area contributed by atoms with E-state index in [0.717, 1.165) is 12.8 Å². The van der Waals surface area contributed by atoms with Gasteiger partial charge in [-0.2, -0.15) is 0 Å². The first-order valence-corrected chi connectivity index (χ1v) is 4.51. The SMILES string of the molecule is CCC(c1ccccc1)N(C)C=O. The molecule has 2 nitrogen and oxygen atoms in total.